The molecule has 4 nitrogen and oxygen atoms in total. The molecule has 10 aromatic rings. The lowest BCUT2D eigenvalue weighted by Gasteiger charge is -2.32. The van der Waals surface area contributed by atoms with Gasteiger partial charge >= 0.3 is 0 Å². The molecule has 0 amide bonds. The van der Waals surface area contributed by atoms with Crippen LogP contribution >= 0.6 is 0 Å². The lowest BCUT2D eigenvalue weighted by Crippen LogP contribution is -2.31. The highest BCUT2D eigenvalue weighted by molar-refractivity contribution is 6.09. The third-order valence-corrected chi connectivity index (χ3v) is 11.3. The van der Waals surface area contributed by atoms with Crippen molar-refractivity contribution in [1.29, 1.82) is 0 Å². The number of benzene rings is 8. The van der Waals surface area contributed by atoms with Crippen LogP contribution in [0.5, 0.6) is 0 Å². The minimum absolute atomic E-state index is 0.629. The van der Waals surface area contributed by atoms with E-state index in [2.05, 4.69) is 193 Å². The van der Waals surface area contributed by atoms with Gasteiger partial charge in [0.2, 0.25) is 0 Å². The molecule has 0 atom stereocenters. The molecular formula is C52H34N4. The summed E-state index contributed by atoms with van der Waals surface area (Å²) in [6, 6.07) is 73.0. The Labute approximate surface area is 325 Å². The summed E-state index contributed by atoms with van der Waals surface area (Å²) in [4.78, 5) is 16.1. The first kappa shape index (κ1) is 32.0. The van der Waals surface area contributed by atoms with Crippen molar-refractivity contribution < 1.29 is 0 Å². The molecule has 56 heavy (non-hydrogen) atoms. The van der Waals surface area contributed by atoms with E-state index in [1.807, 2.05) is 18.2 Å². The molecule has 4 heteroatoms. The smallest absolute Gasteiger partial charge is 0.163 e. The normalized spacial score (nSPS) is 12.8. The third-order valence-electron chi connectivity index (χ3n) is 11.3. The molecular weight excluding hydrogens is 681 g/mol. The molecule has 0 saturated carbocycles. The number of hydrogen-bond acceptors (Lipinski definition) is 3. The van der Waals surface area contributed by atoms with Crippen LogP contribution in [0.1, 0.15) is 22.5 Å². The van der Waals surface area contributed by atoms with Crippen molar-refractivity contribution in [1.82, 2.24) is 19.5 Å². The highest BCUT2D eigenvalue weighted by Crippen LogP contribution is 2.55. The van der Waals surface area contributed by atoms with Crippen LogP contribution < -0.4 is 0 Å². The Morgan fingerprint density at radius 1 is 0.339 bits per heavy atom. The van der Waals surface area contributed by atoms with Crippen molar-refractivity contribution in [3.8, 4) is 50.7 Å². The molecule has 0 bridgehead atoms. The van der Waals surface area contributed by atoms with E-state index >= 15 is 0 Å². The molecule has 0 radical (unpaired) electrons. The molecule has 0 saturated heterocycles. The van der Waals surface area contributed by atoms with Crippen LogP contribution in [0.3, 0.4) is 0 Å². The van der Waals surface area contributed by atoms with Crippen molar-refractivity contribution in [2.45, 2.75) is 5.41 Å². The van der Waals surface area contributed by atoms with E-state index in [0.717, 1.165) is 39.1 Å². The predicted octanol–water partition coefficient (Wildman–Crippen LogP) is 12.3. The van der Waals surface area contributed by atoms with Crippen LogP contribution in [0.4, 0.5) is 0 Å². The largest absolute Gasteiger partial charge is 0.309 e. The summed E-state index contributed by atoms with van der Waals surface area (Å²) in [5.41, 5.74) is 12.6. The number of aromatic nitrogens is 4. The number of hydrogen-bond donors (Lipinski definition) is 0. The molecule has 0 unspecified atom stereocenters. The van der Waals surface area contributed by atoms with Crippen LogP contribution in [0.2, 0.25) is 0 Å². The van der Waals surface area contributed by atoms with Gasteiger partial charge in [-0.05, 0) is 75.3 Å². The van der Waals surface area contributed by atoms with Gasteiger partial charge in [-0.2, -0.15) is 0 Å². The number of nitrogens with zero attached hydrogens (tertiary/aromatic N) is 4. The van der Waals surface area contributed by atoms with E-state index in [9.17, 15) is 0 Å². The maximum absolute atomic E-state index is 5.50. The molecule has 262 valence electrons. The predicted molar refractivity (Wildman–Crippen MR) is 228 cm³/mol. The van der Waals surface area contributed by atoms with Crippen molar-refractivity contribution in [2.24, 2.45) is 0 Å². The van der Waals surface area contributed by atoms with Gasteiger partial charge in [-0.3, -0.25) is 0 Å². The SMILES string of the molecule is c1ccc(-c2ccc(C3(c4nc(-c5ccccc5)nc(-c5ccc(-n6c7ccccc7c7ccccc76)cc5)n4)c4ccccc4-c4ccccc43)cc2)cc1. The second-order valence-corrected chi connectivity index (χ2v) is 14.4. The van der Waals surface area contributed by atoms with E-state index in [1.165, 1.54) is 38.5 Å². The van der Waals surface area contributed by atoms with E-state index < -0.39 is 5.41 Å². The number of para-hydroxylation sites is 2. The Morgan fingerprint density at radius 2 is 0.768 bits per heavy atom. The summed E-state index contributed by atoms with van der Waals surface area (Å²) in [6.45, 7) is 0. The minimum Gasteiger partial charge on any atom is -0.309 e. The summed E-state index contributed by atoms with van der Waals surface area (Å²) in [5.74, 6) is 1.96. The summed E-state index contributed by atoms with van der Waals surface area (Å²) < 4.78 is 2.34. The summed E-state index contributed by atoms with van der Waals surface area (Å²) >= 11 is 0. The number of rotatable bonds is 6. The van der Waals surface area contributed by atoms with E-state index in [4.69, 9.17) is 15.0 Å². The summed E-state index contributed by atoms with van der Waals surface area (Å²) in [6.07, 6.45) is 0. The highest BCUT2D eigenvalue weighted by Gasteiger charge is 2.48. The van der Waals surface area contributed by atoms with Gasteiger partial charge in [0.05, 0.1) is 11.0 Å². The van der Waals surface area contributed by atoms with Crippen LogP contribution in [-0.2, 0) is 5.41 Å². The second kappa shape index (κ2) is 12.9. The first-order chi connectivity index (χ1) is 27.8. The molecule has 0 spiro atoms. The molecule has 11 rings (SSSR count). The van der Waals surface area contributed by atoms with Crippen molar-refractivity contribution >= 4 is 21.8 Å². The fourth-order valence-electron chi connectivity index (χ4n) is 8.81. The van der Waals surface area contributed by atoms with Gasteiger partial charge < -0.3 is 4.57 Å². The first-order valence-electron chi connectivity index (χ1n) is 19.0. The Kier molecular flexibility index (Phi) is 7.36. The fraction of sp³-hybridized carbons (Fsp3) is 0.0192. The molecule has 2 heterocycles. The quantitative estimate of drug-likeness (QED) is 0.172. The van der Waals surface area contributed by atoms with Gasteiger partial charge in [-0.15, -0.1) is 0 Å². The lowest BCUT2D eigenvalue weighted by molar-refractivity contribution is 0.692. The zero-order chi connectivity index (χ0) is 37.1. The minimum atomic E-state index is -0.799. The van der Waals surface area contributed by atoms with Crippen LogP contribution in [0.25, 0.3) is 72.5 Å². The second-order valence-electron chi connectivity index (χ2n) is 14.4. The maximum Gasteiger partial charge on any atom is 0.163 e. The fourth-order valence-corrected chi connectivity index (χ4v) is 8.81. The zero-order valence-corrected chi connectivity index (χ0v) is 30.4. The molecule has 2 aromatic heterocycles. The van der Waals surface area contributed by atoms with Gasteiger partial charge in [-0.1, -0.05) is 170 Å². The van der Waals surface area contributed by atoms with E-state index in [0.29, 0.717) is 17.5 Å². The first-order valence-corrected chi connectivity index (χ1v) is 19.0. The molecule has 0 fully saturated rings. The van der Waals surface area contributed by atoms with Gasteiger partial charge in [0.15, 0.2) is 17.5 Å². The van der Waals surface area contributed by atoms with Crippen molar-refractivity contribution in [2.75, 3.05) is 0 Å². The topological polar surface area (TPSA) is 43.6 Å². The summed E-state index contributed by atoms with van der Waals surface area (Å²) in [7, 11) is 0. The molecule has 1 aliphatic carbocycles. The van der Waals surface area contributed by atoms with Crippen molar-refractivity contribution in [3.63, 3.8) is 0 Å². The molecule has 1 aliphatic rings. The van der Waals surface area contributed by atoms with E-state index in [-0.39, 0.29) is 0 Å². The van der Waals surface area contributed by atoms with Gasteiger partial charge in [0, 0.05) is 27.6 Å². The Bertz CT molecular complexity index is 2960. The monoisotopic (exact) mass is 714 g/mol. The van der Waals surface area contributed by atoms with Gasteiger partial charge in [0.1, 0.15) is 5.41 Å². The van der Waals surface area contributed by atoms with Crippen LogP contribution in [0.15, 0.2) is 206 Å². The standard InChI is InChI=1S/C52H34N4/c1-3-15-35(16-4-1)36-27-31-39(32-28-36)52(45-23-11-7-19-41(45)42-20-8-12-24-46(42)52)51-54-49(37-17-5-2-6-18-37)53-50(55-51)38-29-33-40(34-30-38)56-47-25-13-9-21-43(47)44-22-10-14-26-48(44)56/h1-34H. The van der Waals surface area contributed by atoms with Crippen LogP contribution in [0, 0.1) is 0 Å². The molecule has 0 aliphatic heterocycles. The average Bonchev–Trinajstić information content (AvgIpc) is 3.78. The van der Waals surface area contributed by atoms with E-state index in [1.54, 1.807) is 0 Å². The highest BCUT2D eigenvalue weighted by atomic mass is 15.1. The zero-order valence-electron chi connectivity index (χ0n) is 30.4. The molecule has 0 N–H and O–H groups in total. The van der Waals surface area contributed by atoms with Crippen LogP contribution in [-0.4, -0.2) is 19.5 Å². The lowest BCUT2D eigenvalue weighted by atomic mass is 9.71. The molecule has 8 aromatic carbocycles. The van der Waals surface area contributed by atoms with Gasteiger partial charge in [-0.25, -0.2) is 15.0 Å². The maximum atomic E-state index is 5.50. The van der Waals surface area contributed by atoms with Gasteiger partial charge in [0.25, 0.3) is 0 Å². The Hall–Kier alpha value is -7.43. The number of fused-ring (bicyclic) bond motifs is 6. The average molecular weight is 715 g/mol. The Balaban J connectivity index is 1.14. The summed E-state index contributed by atoms with van der Waals surface area (Å²) in [5, 5.41) is 2.47. The Morgan fingerprint density at radius 3 is 1.34 bits per heavy atom. The van der Waals surface area contributed by atoms with Crippen molar-refractivity contribution in [3.05, 3.63) is 229 Å². The third kappa shape index (κ3) is 4.89.